The lowest BCUT2D eigenvalue weighted by atomic mass is 9.82. The molecule has 1 aromatic rings. The van der Waals surface area contributed by atoms with Crippen molar-refractivity contribution in [3.63, 3.8) is 0 Å². The van der Waals surface area contributed by atoms with Crippen molar-refractivity contribution in [2.24, 2.45) is 5.41 Å². The van der Waals surface area contributed by atoms with Crippen LogP contribution in [-0.2, 0) is 0 Å². The van der Waals surface area contributed by atoms with Crippen LogP contribution in [0.3, 0.4) is 0 Å². The van der Waals surface area contributed by atoms with Crippen LogP contribution in [0.25, 0.3) is 0 Å². The fraction of sp³-hybridized carbons (Fsp3) is 0.600. The second-order valence-corrected chi connectivity index (χ2v) is 7.24. The van der Waals surface area contributed by atoms with E-state index in [1.807, 2.05) is 18.2 Å². The molecule has 1 nitrogen and oxygen atoms in total. The number of benzene rings is 1. The fourth-order valence-electron chi connectivity index (χ4n) is 2.35. The van der Waals surface area contributed by atoms with Crippen molar-refractivity contribution in [1.82, 2.24) is 0 Å². The molecule has 19 heavy (non-hydrogen) atoms. The van der Waals surface area contributed by atoms with E-state index in [0.717, 1.165) is 26.6 Å². The molecule has 0 atom stereocenters. The average molecular weight is 457 g/mol. The number of para-hydroxylation sites is 1. The molecule has 0 radical (unpaired) electrons. The second-order valence-electron chi connectivity index (χ2n) is 4.97. The summed E-state index contributed by atoms with van der Waals surface area (Å²) in [7, 11) is 0. The molecule has 4 heteroatoms. The number of hydrogen-bond donors (Lipinski definition) is 0. The molecule has 0 saturated carbocycles. The Hall–Kier alpha value is 0.460. The highest BCUT2D eigenvalue weighted by molar-refractivity contribution is 9.11. The van der Waals surface area contributed by atoms with E-state index in [1.165, 1.54) is 25.7 Å². The van der Waals surface area contributed by atoms with Crippen LogP contribution < -0.4 is 4.74 Å². The van der Waals surface area contributed by atoms with Crippen LogP contribution in [0.1, 0.15) is 39.5 Å². The van der Waals surface area contributed by atoms with Crippen LogP contribution in [-0.4, -0.2) is 11.9 Å². The van der Waals surface area contributed by atoms with Gasteiger partial charge in [0, 0.05) is 10.7 Å². The number of halogens is 3. The summed E-state index contributed by atoms with van der Waals surface area (Å²) in [6.45, 7) is 5.23. The van der Waals surface area contributed by atoms with E-state index in [4.69, 9.17) is 4.74 Å². The largest absolute Gasteiger partial charge is 0.491 e. The van der Waals surface area contributed by atoms with Gasteiger partial charge in [0.15, 0.2) is 0 Å². The van der Waals surface area contributed by atoms with Gasteiger partial charge in [-0.1, -0.05) is 48.7 Å². The number of alkyl halides is 1. The molecule has 0 amide bonds. The van der Waals surface area contributed by atoms with Gasteiger partial charge in [0.25, 0.3) is 0 Å². The molecule has 0 unspecified atom stereocenters. The maximum Gasteiger partial charge on any atom is 0.147 e. The van der Waals surface area contributed by atoms with Crippen molar-refractivity contribution in [1.29, 1.82) is 0 Å². The van der Waals surface area contributed by atoms with Crippen LogP contribution in [0.15, 0.2) is 27.1 Å². The molecule has 0 N–H and O–H groups in total. The zero-order valence-electron chi connectivity index (χ0n) is 11.5. The van der Waals surface area contributed by atoms with Gasteiger partial charge in [0.05, 0.1) is 15.6 Å². The molecule has 0 heterocycles. The third-order valence-electron chi connectivity index (χ3n) is 3.29. The number of rotatable bonds is 8. The Bertz CT molecular complexity index is 367. The molecular formula is C15H21Br3O. The second kappa shape index (κ2) is 8.68. The summed E-state index contributed by atoms with van der Waals surface area (Å²) in [6.07, 6.45) is 4.75. The smallest absolute Gasteiger partial charge is 0.147 e. The highest BCUT2D eigenvalue weighted by Gasteiger charge is 2.28. The summed E-state index contributed by atoms with van der Waals surface area (Å²) in [5.74, 6) is 0.903. The molecule has 0 spiro atoms. The molecular weight excluding hydrogens is 436 g/mol. The van der Waals surface area contributed by atoms with Gasteiger partial charge in [0.1, 0.15) is 5.75 Å². The van der Waals surface area contributed by atoms with Crippen molar-refractivity contribution in [2.45, 2.75) is 39.5 Å². The number of ether oxygens (including phenoxy) is 1. The summed E-state index contributed by atoms with van der Waals surface area (Å²) in [6, 6.07) is 6.02. The molecule has 0 bridgehead atoms. The van der Waals surface area contributed by atoms with Gasteiger partial charge in [-0.2, -0.15) is 0 Å². The van der Waals surface area contributed by atoms with E-state index in [0.29, 0.717) is 0 Å². The molecule has 1 aromatic carbocycles. The summed E-state index contributed by atoms with van der Waals surface area (Å²) in [4.78, 5) is 0. The van der Waals surface area contributed by atoms with Crippen molar-refractivity contribution >= 4 is 47.8 Å². The highest BCUT2D eigenvalue weighted by Crippen LogP contribution is 2.37. The van der Waals surface area contributed by atoms with Crippen LogP contribution in [0.4, 0.5) is 0 Å². The lowest BCUT2D eigenvalue weighted by Crippen LogP contribution is -2.30. The van der Waals surface area contributed by atoms with E-state index < -0.39 is 0 Å². The Morgan fingerprint density at radius 2 is 1.58 bits per heavy atom. The topological polar surface area (TPSA) is 9.23 Å². The van der Waals surface area contributed by atoms with Crippen LogP contribution >= 0.6 is 47.8 Å². The standard InChI is InChI=1S/C15H21Br3O/c1-3-8-15(10-16,9-4-2)11-19-14-12(17)6-5-7-13(14)18/h5-7H,3-4,8-11H2,1-2H3. The van der Waals surface area contributed by atoms with Crippen molar-refractivity contribution in [3.05, 3.63) is 27.1 Å². The predicted octanol–water partition coefficient (Wildman–Crippen LogP) is 6.57. The van der Waals surface area contributed by atoms with Gasteiger partial charge in [-0.15, -0.1) is 0 Å². The van der Waals surface area contributed by atoms with E-state index in [2.05, 4.69) is 61.6 Å². The molecule has 0 aromatic heterocycles. The van der Waals surface area contributed by atoms with Crippen molar-refractivity contribution < 1.29 is 4.74 Å². The lowest BCUT2D eigenvalue weighted by Gasteiger charge is -2.31. The Kier molecular flexibility index (Phi) is 8.00. The maximum atomic E-state index is 6.11. The van der Waals surface area contributed by atoms with E-state index in [1.54, 1.807) is 0 Å². The highest BCUT2D eigenvalue weighted by atomic mass is 79.9. The third kappa shape index (κ3) is 5.05. The quantitative estimate of drug-likeness (QED) is 0.402. The first kappa shape index (κ1) is 17.5. The summed E-state index contributed by atoms with van der Waals surface area (Å²) >= 11 is 10.8. The molecule has 0 aliphatic rings. The molecule has 0 fully saturated rings. The SMILES string of the molecule is CCCC(CBr)(CCC)COc1c(Br)cccc1Br. The summed E-state index contributed by atoms with van der Waals surface area (Å²) in [5.41, 5.74) is 0.234. The minimum atomic E-state index is 0.234. The zero-order chi connectivity index (χ0) is 14.3. The monoisotopic (exact) mass is 454 g/mol. The molecule has 0 aliphatic heterocycles. The minimum Gasteiger partial charge on any atom is -0.491 e. The lowest BCUT2D eigenvalue weighted by molar-refractivity contribution is 0.143. The summed E-state index contributed by atoms with van der Waals surface area (Å²) < 4.78 is 8.10. The first-order valence-electron chi connectivity index (χ1n) is 6.71. The Balaban J connectivity index is 2.80. The summed E-state index contributed by atoms with van der Waals surface area (Å²) in [5, 5.41) is 0.990. The average Bonchev–Trinajstić information content (AvgIpc) is 2.38. The zero-order valence-corrected chi connectivity index (χ0v) is 16.3. The van der Waals surface area contributed by atoms with Gasteiger partial charge in [-0.3, -0.25) is 0 Å². The van der Waals surface area contributed by atoms with Crippen molar-refractivity contribution in [3.8, 4) is 5.75 Å². The molecule has 0 saturated heterocycles. The third-order valence-corrected chi connectivity index (χ3v) is 5.72. The van der Waals surface area contributed by atoms with Gasteiger partial charge in [-0.05, 0) is 56.8 Å². The maximum absolute atomic E-state index is 6.11. The Labute approximate surface area is 141 Å². The normalized spacial score (nSPS) is 11.6. The van der Waals surface area contributed by atoms with E-state index >= 15 is 0 Å². The van der Waals surface area contributed by atoms with Crippen LogP contribution in [0.2, 0.25) is 0 Å². The fourth-order valence-corrected chi connectivity index (χ4v) is 4.30. The molecule has 1 rings (SSSR count). The van der Waals surface area contributed by atoms with Gasteiger partial charge in [0.2, 0.25) is 0 Å². The van der Waals surface area contributed by atoms with E-state index in [9.17, 15) is 0 Å². The van der Waals surface area contributed by atoms with E-state index in [-0.39, 0.29) is 5.41 Å². The molecule has 0 aliphatic carbocycles. The first-order chi connectivity index (χ1) is 9.08. The van der Waals surface area contributed by atoms with Crippen LogP contribution in [0, 0.1) is 5.41 Å². The van der Waals surface area contributed by atoms with Gasteiger partial charge in [-0.25, -0.2) is 0 Å². The molecule has 108 valence electrons. The Morgan fingerprint density at radius 3 is 2.00 bits per heavy atom. The minimum absolute atomic E-state index is 0.234. The van der Waals surface area contributed by atoms with Gasteiger partial charge < -0.3 is 4.74 Å². The van der Waals surface area contributed by atoms with Crippen LogP contribution in [0.5, 0.6) is 5.75 Å². The Morgan fingerprint density at radius 1 is 1.05 bits per heavy atom. The van der Waals surface area contributed by atoms with Crippen molar-refractivity contribution in [2.75, 3.05) is 11.9 Å². The first-order valence-corrected chi connectivity index (χ1v) is 9.42. The number of hydrogen-bond acceptors (Lipinski definition) is 1. The van der Waals surface area contributed by atoms with Gasteiger partial charge >= 0.3 is 0 Å². The predicted molar refractivity (Wildman–Crippen MR) is 93.4 cm³/mol.